The summed E-state index contributed by atoms with van der Waals surface area (Å²) in [6.45, 7) is 1.74. The molecule has 0 atom stereocenters. The summed E-state index contributed by atoms with van der Waals surface area (Å²) in [6.07, 6.45) is -0.416. The van der Waals surface area contributed by atoms with E-state index >= 15 is 0 Å². The summed E-state index contributed by atoms with van der Waals surface area (Å²) in [4.78, 5) is 36.8. The number of carboxylic acid groups (broad SMARTS) is 1. The van der Waals surface area contributed by atoms with Crippen molar-refractivity contribution in [1.29, 1.82) is 0 Å². The van der Waals surface area contributed by atoms with Crippen molar-refractivity contribution in [3.63, 3.8) is 0 Å². The topological polar surface area (TPSA) is 74.7 Å². The van der Waals surface area contributed by atoms with Crippen molar-refractivity contribution in [2.75, 3.05) is 6.54 Å². The third-order valence-corrected chi connectivity index (χ3v) is 4.25. The standard InChI is InChI=1S/C21H21F2NO4/c1-14-2-5-16(6-3-14)19(25)8-9-20(26)24(11-10-21(27)28)13-15-4-7-17(22)18(23)12-15/h2-7,12H,8-11,13H2,1H3,(H,27,28). The molecule has 2 rings (SSSR count). The zero-order valence-corrected chi connectivity index (χ0v) is 15.5. The van der Waals surface area contributed by atoms with Crippen LogP contribution in [0.1, 0.15) is 40.7 Å². The summed E-state index contributed by atoms with van der Waals surface area (Å²) in [5, 5.41) is 8.88. The second-order valence-electron chi connectivity index (χ2n) is 6.50. The second kappa shape index (κ2) is 9.73. The Kier molecular flexibility index (Phi) is 7.37. The molecule has 0 unspecified atom stereocenters. The number of aliphatic carboxylic acids is 1. The number of aryl methyl sites for hydroxylation is 1. The fourth-order valence-corrected chi connectivity index (χ4v) is 2.64. The maximum absolute atomic E-state index is 13.4. The van der Waals surface area contributed by atoms with Crippen LogP contribution in [-0.2, 0) is 16.1 Å². The number of carbonyl (C=O) groups is 3. The Bertz CT molecular complexity index is 865. The Morgan fingerprint density at radius 2 is 1.61 bits per heavy atom. The zero-order chi connectivity index (χ0) is 20.7. The van der Waals surface area contributed by atoms with E-state index < -0.39 is 23.5 Å². The van der Waals surface area contributed by atoms with Gasteiger partial charge in [-0.15, -0.1) is 0 Å². The van der Waals surface area contributed by atoms with Gasteiger partial charge in [-0.1, -0.05) is 35.9 Å². The fourth-order valence-electron chi connectivity index (χ4n) is 2.64. The highest BCUT2D eigenvalue weighted by molar-refractivity contribution is 5.98. The molecular formula is C21H21F2NO4. The number of ketones is 1. The molecule has 28 heavy (non-hydrogen) atoms. The van der Waals surface area contributed by atoms with Gasteiger partial charge in [0.25, 0.3) is 0 Å². The van der Waals surface area contributed by atoms with E-state index in [4.69, 9.17) is 5.11 Å². The molecule has 0 spiro atoms. The lowest BCUT2D eigenvalue weighted by Crippen LogP contribution is -2.32. The van der Waals surface area contributed by atoms with Gasteiger partial charge in [0.2, 0.25) is 5.91 Å². The molecule has 0 heterocycles. The second-order valence-corrected chi connectivity index (χ2v) is 6.50. The number of benzene rings is 2. The Morgan fingerprint density at radius 1 is 0.929 bits per heavy atom. The van der Waals surface area contributed by atoms with Gasteiger partial charge in [-0.05, 0) is 24.6 Å². The number of halogens is 2. The number of carbonyl (C=O) groups excluding carboxylic acids is 2. The maximum Gasteiger partial charge on any atom is 0.305 e. The predicted molar refractivity (Wildman–Crippen MR) is 98.8 cm³/mol. The molecule has 2 aromatic rings. The number of nitrogens with zero attached hydrogens (tertiary/aromatic N) is 1. The lowest BCUT2D eigenvalue weighted by atomic mass is 10.0. The van der Waals surface area contributed by atoms with E-state index in [-0.39, 0.29) is 38.1 Å². The summed E-state index contributed by atoms with van der Waals surface area (Å²) in [6, 6.07) is 10.2. The number of amides is 1. The molecule has 0 aromatic heterocycles. The summed E-state index contributed by atoms with van der Waals surface area (Å²) >= 11 is 0. The Hall–Kier alpha value is -3.09. The van der Waals surface area contributed by atoms with Crippen LogP contribution in [0, 0.1) is 18.6 Å². The lowest BCUT2D eigenvalue weighted by Gasteiger charge is -2.22. The fraction of sp³-hybridized carbons (Fsp3) is 0.286. The number of hydrogen-bond donors (Lipinski definition) is 1. The Labute approximate surface area is 161 Å². The number of hydrogen-bond acceptors (Lipinski definition) is 3. The van der Waals surface area contributed by atoms with Crippen LogP contribution < -0.4 is 0 Å². The number of rotatable bonds is 9. The van der Waals surface area contributed by atoms with Crippen LogP contribution in [0.5, 0.6) is 0 Å². The first-order valence-electron chi connectivity index (χ1n) is 8.79. The van der Waals surface area contributed by atoms with Crippen molar-refractivity contribution in [2.45, 2.75) is 32.7 Å². The summed E-state index contributed by atoms with van der Waals surface area (Å²) < 4.78 is 26.5. The van der Waals surface area contributed by atoms with Crippen molar-refractivity contribution in [3.8, 4) is 0 Å². The summed E-state index contributed by atoms with van der Waals surface area (Å²) in [7, 11) is 0. The van der Waals surface area contributed by atoms with Crippen LogP contribution in [0.25, 0.3) is 0 Å². The largest absolute Gasteiger partial charge is 0.481 e. The summed E-state index contributed by atoms with van der Waals surface area (Å²) in [5.41, 5.74) is 1.84. The molecule has 0 bridgehead atoms. The monoisotopic (exact) mass is 389 g/mol. The van der Waals surface area contributed by atoms with Crippen LogP contribution >= 0.6 is 0 Å². The SMILES string of the molecule is Cc1ccc(C(=O)CCC(=O)N(CCC(=O)O)Cc2ccc(F)c(F)c2)cc1. The average molecular weight is 389 g/mol. The van der Waals surface area contributed by atoms with Gasteiger partial charge < -0.3 is 10.0 Å². The van der Waals surface area contributed by atoms with Crippen molar-refractivity contribution in [3.05, 3.63) is 70.8 Å². The van der Waals surface area contributed by atoms with Gasteiger partial charge in [0.15, 0.2) is 17.4 Å². The first-order valence-corrected chi connectivity index (χ1v) is 8.79. The van der Waals surface area contributed by atoms with Crippen molar-refractivity contribution in [2.24, 2.45) is 0 Å². The van der Waals surface area contributed by atoms with Crippen molar-refractivity contribution >= 4 is 17.7 Å². The van der Waals surface area contributed by atoms with E-state index in [9.17, 15) is 23.2 Å². The molecule has 5 nitrogen and oxygen atoms in total. The van der Waals surface area contributed by atoms with Crippen molar-refractivity contribution in [1.82, 2.24) is 4.90 Å². The summed E-state index contributed by atoms with van der Waals surface area (Å²) in [5.74, 6) is -3.75. The molecule has 0 aliphatic rings. The van der Waals surface area contributed by atoms with Gasteiger partial charge in [-0.25, -0.2) is 8.78 Å². The zero-order valence-electron chi connectivity index (χ0n) is 15.5. The van der Waals surface area contributed by atoms with E-state index in [1.54, 1.807) is 24.3 Å². The van der Waals surface area contributed by atoms with E-state index in [0.29, 0.717) is 11.1 Å². The Morgan fingerprint density at radius 3 is 2.21 bits per heavy atom. The smallest absolute Gasteiger partial charge is 0.305 e. The first kappa shape index (κ1) is 21.2. The van der Waals surface area contributed by atoms with E-state index in [1.165, 1.54) is 11.0 Å². The molecule has 1 amide bonds. The van der Waals surface area contributed by atoms with Gasteiger partial charge in [-0.3, -0.25) is 14.4 Å². The predicted octanol–water partition coefficient (Wildman–Crippen LogP) is 3.74. The quantitative estimate of drug-likeness (QED) is 0.663. The van der Waals surface area contributed by atoms with E-state index in [1.807, 2.05) is 6.92 Å². The third-order valence-electron chi connectivity index (χ3n) is 4.25. The van der Waals surface area contributed by atoms with Crippen LogP contribution in [0.15, 0.2) is 42.5 Å². The molecule has 0 saturated carbocycles. The highest BCUT2D eigenvalue weighted by Gasteiger charge is 2.18. The minimum Gasteiger partial charge on any atom is -0.481 e. The van der Waals surface area contributed by atoms with Crippen LogP contribution in [-0.4, -0.2) is 34.2 Å². The maximum atomic E-state index is 13.4. The van der Waals surface area contributed by atoms with Crippen molar-refractivity contribution < 1.29 is 28.3 Å². The molecule has 2 aromatic carbocycles. The first-order chi connectivity index (χ1) is 13.3. The number of carboxylic acids is 1. The highest BCUT2D eigenvalue weighted by Crippen LogP contribution is 2.14. The molecule has 0 radical (unpaired) electrons. The minimum absolute atomic E-state index is 0.0246. The van der Waals surface area contributed by atoms with Gasteiger partial charge in [0.1, 0.15) is 0 Å². The average Bonchev–Trinajstić information content (AvgIpc) is 2.66. The molecule has 1 N–H and O–H groups in total. The van der Waals surface area contributed by atoms with Gasteiger partial charge >= 0.3 is 5.97 Å². The molecule has 7 heteroatoms. The lowest BCUT2D eigenvalue weighted by molar-refractivity contribution is -0.138. The van der Waals surface area contributed by atoms with Gasteiger partial charge in [-0.2, -0.15) is 0 Å². The molecule has 148 valence electrons. The van der Waals surface area contributed by atoms with E-state index in [0.717, 1.165) is 17.7 Å². The Balaban J connectivity index is 2.03. The normalized spacial score (nSPS) is 10.5. The van der Waals surface area contributed by atoms with E-state index in [2.05, 4.69) is 0 Å². The molecule has 0 aliphatic carbocycles. The van der Waals surface area contributed by atoms with Gasteiger partial charge in [0.05, 0.1) is 6.42 Å². The van der Waals surface area contributed by atoms with Gasteiger partial charge in [0, 0.05) is 31.5 Å². The third kappa shape index (κ3) is 6.26. The highest BCUT2D eigenvalue weighted by atomic mass is 19.2. The van der Waals surface area contributed by atoms with Crippen LogP contribution in [0.3, 0.4) is 0 Å². The van der Waals surface area contributed by atoms with Crippen LogP contribution in [0.2, 0.25) is 0 Å². The molecule has 0 fully saturated rings. The minimum atomic E-state index is -1.08. The molecular weight excluding hydrogens is 368 g/mol. The van der Waals surface area contributed by atoms with Crippen LogP contribution in [0.4, 0.5) is 8.78 Å². The molecule has 0 aliphatic heterocycles. The number of Topliss-reactive ketones (excluding diaryl/α,β-unsaturated/α-hetero) is 1. The molecule has 0 saturated heterocycles.